The molecule has 2 rings (SSSR count). The number of aryl methyl sites for hydroxylation is 1. The topological polar surface area (TPSA) is 38.9 Å². The van der Waals surface area contributed by atoms with E-state index in [0.29, 0.717) is 0 Å². The van der Waals surface area contributed by atoms with Gasteiger partial charge in [0.15, 0.2) is 5.82 Å². The first-order chi connectivity index (χ1) is 6.34. The Hall–Kier alpha value is -0.510. The molecule has 0 spiro atoms. The van der Waals surface area contributed by atoms with Gasteiger partial charge in [0.1, 0.15) is 0 Å². The zero-order chi connectivity index (χ0) is 9.10. The molecule has 0 saturated heterocycles. The molecule has 0 aromatic carbocycles. The SMILES string of the molecule is Cc1noc(CSC2CCCC2)n1. The van der Waals surface area contributed by atoms with E-state index in [1.165, 1.54) is 25.7 Å². The van der Waals surface area contributed by atoms with Gasteiger partial charge in [-0.2, -0.15) is 4.98 Å². The molecular weight excluding hydrogens is 184 g/mol. The van der Waals surface area contributed by atoms with Crippen molar-refractivity contribution < 1.29 is 4.52 Å². The average Bonchev–Trinajstić information content (AvgIpc) is 2.71. The van der Waals surface area contributed by atoms with Crippen LogP contribution in [0, 0.1) is 6.92 Å². The van der Waals surface area contributed by atoms with Crippen molar-refractivity contribution in [2.75, 3.05) is 0 Å². The Morgan fingerprint density at radius 3 is 2.85 bits per heavy atom. The van der Waals surface area contributed by atoms with E-state index in [2.05, 4.69) is 10.1 Å². The summed E-state index contributed by atoms with van der Waals surface area (Å²) in [5.41, 5.74) is 0. The van der Waals surface area contributed by atoms with Gasteiger partial charge in [0.05, 0.1) is 5.75 Å². The van der Waals surface area contributed by atoms with Crippen molar-refractivity contribution in [1.82, 2.24) is 10.1 Å². The monoisotopic (exact) mass is 198 g/mol. The van der Waals surface area contributed by atoms with Crippen molar-refractivity contribution in [3.05, 3.63) is 11.7 Å². The zero-order valence-electron chi connectivity index (χ0n) is 7.82. The van der Waals surface area contributed by atoms with E-state index in [1.807, 2.05) is 18.7 Å². The molecule has 0 atom stereocenters. The van der Waals surface area contributed by atoms with Crippen molar-refractivity contribution in [3.8, 4) is 0 Å². The lowest BCUT2D eigenvalue weighted by Gasteiger charge is -2.04. The van der Waals surface area contributed by atoms with E-state index in [4.69, 9.17) is 4.52 Å². The van der Waals surface area contributed by atoms with Gasteiger partial charge in [-0.25, -0.2) is 0 Å². The van der Waals surface area contributed by atoms with Crippen LogP contribution < -0.4 is 0 Å². The minimum Gasteiger partial charge on any atom is -0.338 e. The lowest BCUT2D eigenvalue weighted by molar-refractivity contribution is 0.387. The maximum atomic E-state index is 5.04. The van der Waals surface area contributed by atoms with Crippen LogP contribution >= 0.6 is 11.8 Å². The summed E-state index contributed by atoms with van der Waals surface area (Å²) in [6.07, 6.45) is 5.50. The van der Waals surface area contributed by atoms with E-state index >= 15 is 0 Å². The second-order valence-electron chi connectivity index (χ2n) is 3.45. The van der Waals surface area contributed by atoms with Crippen molar-refractivity contribution in [2.24, 2.45) is 0 Å². The van der Waals surface area contributed by atoms with Crippen LogP contribution in [0.5, 0.6) is 0 Å². The molecule has 1 heterocycles. The first kappa shape index (κ1) is 9.06. The molecule has 1 aromatic rings. The fourth-order valence-electron chi connectivity index (χ4n) is 1.64. The van der Waals surface area contributed by atoms with E-state index < -0.39 is 0 Å². The summed E-state index contributed by atoms with van der Waals surface area (Å²) in [6.45, 7) is 1.85. The molecule has 1 aromatic heterocycles. The maximum Gasteiger partial charge on any atom is 0.236 e. The van der Waals surface area contributed by atoms with Gasteiger partial charge in [-0.3, -0.25) is 0 Å². The minimum absolute atomic E-state index is 0.738. The summed E-state index contributed by atoms with van der Waals surface area (Å²) in [5.74, 6) is 2.39. The van der Waals surface area contributed by atoms with Crippen LogP contribution in [-0.2, 0) is 5.75 Å². The Labute approximate surface area is 82.3 Å². The molecule has 1 fully saturated rings. The highest BCUT2D eigenvalue weighted by molar-refractivity contribution is 7.99. The van der Waals surface area contributed by atoms with Gasteiger partial charge in [-0.15, -0.1) is 11.8 Å². The normalized spacial score (nSPS) is 18.2. The molecule has 0 bridgehead atoms. The first-order valence-corrected chi connectivity index (χ1v) is 5.80. The molecule has 0 radical (unpaired) electrons. The highest BCUT2D eigenvalue weighted by Gasteiger charge is 2.16. The molecule has 0 aliphatic heterocycles. The number of thioether (sulfide) groups is 1. The third-order valence-electron chi connectivity index (χ3n) is 2.31. The fraction of sp³-hybridized carbons (Fsp3) is 0.778. The molecule has 0 N–H and O–H groups in total. The molecule has 1 saturated carbocycles. The first-order valence-electron chi connectivity index (χ1n) is 4.75. The summed E-state index contributed by atoms with van der Waals surface area (Å²) < 4.78 is 5.04. The van der Waals surface area contributed by atoms with Crippen LogP contribution in [-0.4, -0.2) is 15.4 Å². The Morgan fingerprint density at radius 2 is 2.23 bits per heavy atom. The second kappa shape index (κ2) is 4.13. The number of rotatable bonds is 3. The van der Waals surface area contributed by atoms with E-state index in [1.54, 1.807) is 0 Å². The Morgan fingerprint density at radius 1 is 1.46 bits per heavy atom. The number of hydrogen-bond acceptors (Lipinski definition) is 4. The quantitative estimate of drug-likeness (QED) is 0.748. The van der Waals surface area contributed by atoms with Crippen LogP contribution in [0.4, 0.5) is 0 Å². The predicted molar refractivity (Wildman–Crippen MR) is 52.6 cm³/mol. The van der Waals surface area contributed by atoms with Gasteiger partial charge >= 0.3 is 0 Å². The van der Waals surface area contributed by atoms with Crippen molar-refractivity contribution >= 4 is 11.8 Å². The summed E-state index contributed by atoms with van der Waals surface area (Å²) in [5, 5.41) is 4.59. The molecule has 1 aliphatic carbocycles. The lowest BCUT2D eigenvalue weighted by Crippen LogP contribution is -1.94. The van der Waals surface area contributed by atoms with Crippen molar-refractivity contribution in [3.63, 3.8) is 0 Å². The molecule has 0 unspecified atom stereocenters. The zero-order valence-corrected chi connectivity index (χ0v) is 8.64. The Bertz CT molecular complexity index is 268. The van der Waals surface area contributed by atoms with Gasteiger partial charge in [0, 0.05) is 5.25 Å². The van der Waals surface area contributed by atoms with Gasteiger partial charge < -0.3 is 4.52 Å². The van der Waals surface area contributed by atoms with Crippen LogP contribution in [0.2, 0.25) is 0 Å². The van der Waals surface area contributed by atoms with Crippen LogP contribution in [0.15, 0.2) is 4.52 Å². The van der Waals surface area contributed by atoms with Gasteiger partial charge in [0.2, 0.25) is 5.89 Å². The highest BCUT2D eigenvalue weighted by atomic mass is 32.2. The van der Waals surface area contributed by atoms with Crippen molar-refractivity contribution in [1.29, 1.82) is 0 Å². The Balaban J connectivity index is 1.78. The third-order valence-corrected chi connectivity index (χ3v) is 3.67. The number of nitrogens with zero attached hydrogens (tertiary/aromatic N) is 2. The fourth-order valence-corrected chi connectivity index (χ4v) is 2.81. The second-order valence-corrected chi connectivity index (χ2v) is 4.74. The smallest absolute Gasteiger partial charge is 0.236 e. The van der Waals surface area contributed by atoms with Crippen LogP contribution in [0.1, 0.15) is 37.4 Å². The van der Waals surface area contributed by atoms with Gasteiger partial charge in [-0.1, -0.05) is 18.0 Å². The summed E-state index contributed by atoms with van der Waals surface area (Å²) in [6, 6.07) is 0. The largest absolute Gasteiger partial charge is 0.338 e. The summed E-state index contributed by atoms with van der Waals surface area (Å²) >= 11 is 1.95. The van der Waals surface area contributed by atoms with E-state index in [9.17, 15) is 0 Å². The van der Waals surface area contributed by atoms with Crippen LogP contribution in [0.3, 0.4) is 0 Å². The molecule has 3 nitrogen and oxygen atoms in total. The molecule has 72 valence electrons. The van der Waals surface area contributed by atoms with E-state index in [0.717, 1.165) is 22.7 Å². The average molecular weight is 198 g/mol. The molecule has 13 heavy (non-hydrogen) atoms. The number of aromatic nitrogens is 2. The molecule has 1 aliphatic rings. The summed E-state index contributed by atoms with van der Waals surface area (Å²) in [7, 11) is 0. The van der Waals surface area contributed by atoms with Gasteiger partial charge in [0.25, 0.3) is 0 Å². The van der Waals surface area contributed by atoms with Gasteiger partial charge in [-0.05, 0) is 19.8 Å². The summed E-state index contributed by atoms with van der Waals surface area (Å²) in [4.78, 5) is 4.17. The standard InChI is InChI=1S/C9H14N2OS/c1-7-10-9(12-11-7)6-13-8-4-2-3-5-8/h8H,2-6H2,1H3. The van der Waals surface area contributed by atoms with E-state index in [-0.39, 0.29) is 0 Å². The minimum atomic E-state index is 0.738. The third kappa shape index (κ3) is 2.46. The molecule has 4 heteroatoms. The lowest BCUT2D eigenvalue weighted by atomic mass is 10.4. The van der Waals surface area contributed by atoms with Crippen molar-refractivity contribution in [2.45, 2.75) is 43.6 Å². The molecule has 0 amide bonds. The highest BCUT2D eigenvalue weighted by Crippen LogP contribution is 2.31. The predicted octanol–water partition coefficient (Wildman–Crippen LogP) is 2.55. The maximum absolute atomic E-state index is 5.04. The molecular formula is C9H14N2OS. The van der Waals surface area contributed by atoms with Crippen LogP contribution in [0.25, 0.3) is 0 Å². The number of hydrogen-bond donors (Lipinski definition) is 0. The Kier molecular flexibility index (Phi) is 2.88.